The third-order valence-corrected chi connectivity index (χ3v) is 1.89. The van der Waals surface area contributed by atoms with Crippen molar-refractivity contribution >= 4 is 16.9 Å². The van der Waals surface area contributed by atoms with Crippen molar-refractivity contribution in [2.24, 2.45) is 0 Å². The first-order chi connectivity index (χ1) is 7.08. The van der Waals surface area contributed by atoms with Crippen LogP contribution in [0.25, 0.3) is 11.0 Å². The normalized spacial score (nSPS) is 10.5. The van der Waals surface area contributed by atoms with Gasteiger partial charge in [0.2, 0.25) is 0 Å². The minimum atomic E-state index is -1.58. The van der Waals surface area contributed by atoms with Gasteiger partial charge in [-0.05, 0) is 18.2 Å². The van der Waals surface area contributed by atoms with Crippen LogP contribution in [0, 0.1) is 5.82 Å². The quantitative estimate of drug-likeness (QED) is 0.674. The number of carboxylic acid groups (broad SMARTS) is 1. The van der Waals surface area contributed by atoms with E-state index in [1.165, 1.54) is 6.07 Å². The third kappa shape index (κ3) is 1.59. The number of hydrogen-bond donors (Lipinski definition) is 0. The monoisotopic (exact) mass is 207 g/mol. The van der Waals surface area contributed by atoms with Crippen LogP contribution in [0.15, 0.2) is 33.5 Å². The van der Waals surface area contributed by atoms with Crippen LogP contribution < -0.4 is 10.5 Å². The maximum Gasteiger partial charge on any atom is 0.193 e. The fourth-order valence-electron chi connectivity index (χ4n) is 1.23. The Morgan fingerprint density at radius 1 is 1.33 bits per heavy atom. The van der Waals surface area contributed by atoms with Gasteiger partial charge >= 0.3 is 0 Å². The van der Waals surface area contributed by atoms with Crippen LogP contribution in [-0.4, -0.2) is 5.97 Å². The Kier molecular flexibility index (Phi) is 2.00. The number of carbonyl (C=O) groups excluding carboxylic acids is 1. The van der Waals surface area contributed by atoms with Gasteiger partial charge in [-0.15, -0.1) is 0 Å². The number of carboxylic acids is 1. The van der Waals surface area contributed by atoms with E-state index in [0.29, 0.717) is 0 Å². The summed E-state index contributed by atoms with van der Waals surface area (Å²) in [6.07, 6.45) is 0. The molecule has 4 nitrogen and oxygen atoms in total. The van der Waals surface area contributed by atoms with Crippen LogP contribution in [0.1, 0.15) is 10.6 Å². The minimum Gasteiger partial charge on any atom is -0.542 e. The van der Waals surface area contributed by atoms with Gasteiger partial charge in [-0.3, -0.25) is 4.79 Å². The molecule has 0 spiro atoms. The van der Waals surface area contributed by atoms with Crippen molar-refractivity contribution in [3.05, 3.63) is 46.1 Å². The van der Waals surface area contributed by atoms with Crippen LogP contribution in [0.4, 0.5) is 4.39 Å². The maximum atomic E-state index is 12.8. The number of hydrogen-bond acceptors (Lipinski definition) is 4. The second kappa shape index (κ2) is 3.20. The molecule has 0 aliphatic heterocycles. The number of aromatic carboxylic acids is 1. The summed E-state index contributed by atoms with van der Waals surface area (Å²) in [5, 5.41) is 10.4. The zero-order valence-corrected chi connectivity index (χ0v) is 7.32. The lowest BCUT2D eigenvalue weighted by atomic mass is 10.2. The van der Waals surface area contributed by atoms with Crippen molar-refractivity contribution in [3.63, 3.8) is 0 Å². The molecule has 76 valence electrons. The zero-order chi connectivity index (χ0) is 11.0. The second-order valence-electron chi connectivity index (χ2n) is 2.90. The molecule has 0 aliphatic rings. The SMILES string of the molecule is O=C([O-])c1cc(=O)c2cc(F)ccc2o1. The third-order valence-electron chi connectivity index (χ3n) is 1.89. The molecule has 0 unspecified atom stereocenters. The van der Waals surface area contributed by atoms with Crippen molar-refractivity contribution in [3.8, 4) is 0 Å². The zero-order valence-electron chi connectivity index (χ0n) is 7.32. The molecule has 2 aromatic rings. The Labute approximate surface area is 82.6 Å². The van der Waals surface area contributed by atoms with Crippen LogP contribution in [0.3, 0.4) is 0 Å². The van der Waals surface area contributed by atoms with Gasteiger partial charge in [0.15, 0.2) is 11.2 Å². The topological polar surface area (TPSA) is 70.3 Å². The Hall–Kier alpha value is -2.17. The van der Waals surface area contributed by atoms with E-state index in [1.807, 2.05) is 0 Å². The second-order valence-corrected chi connectivity index (χ2v) is 2.90. The van der Waals surface area contributed by atoms with Crippen molar-refractivity contribution in [1.82, 2.24) is 0 Å². The fourth-order valence-corrected chi connectivity index (χ4v) is 1.23. The number of rotatable bonds is 1. The fraction of sp³-hybridized carbons (Fsp3) is 0. The van der Waals surface area contributed by atoms with Gasteiger partial charge < -0.3 is 14.3 Å². The lowest BCUT2D eigenvalue weighted by Crippen LogP contribution is -2.23. The molecule has 5 heteroatoms. The Morgan fingerprint density at radius 3 is 2.73 bits per heavy atom. The summed E-state index contributed by atoms with van der Waals surface area (Å²) in [5.74, 6) is -2.74. The smallest absolute Gasteiger partial charge is 0.193 e. The van der Waals surface area contributed by atoms with Gasteiger partial charge in [0, 0.05) is 6.07 Å². The molecule has 0 amide bonds. The molecule has 0 radical (unpaired) electrons. The molecular formula is C10H4FO4-. The Morgan fingerprint density at radius 2 is 2.07 bits per heavy atom. The van der Waals surface area contributed by atoms with Crippen molar-refractivity contribution < 1.29 is 18.7 Å². The molecule has 15 heavy (non-hydrogen) atoms. The first-order valence-corrected chi connectivity index (χ1v) is 4.02. The predicted molar refractivity (Wildman–Crippen MR) is 46.8 cm³/mol. The Balaban J connectivity index is 2.84. The summed E-state index contributed by atoms with van der Waals surface area (Å²) < 4.78 is 17.6. The summed E-state index contributed by atoms with van der Waals surface area (Å²) >= 11 is 0. The molecule has 1 aromatic carbocycles. The van der Waals surface area contributed by atoms with Gasteiger partial charge in [0.1, 0.15) is 17.4 Å². The van der Waals surface area contributed by atoms with E-state index in [1.54, 1.807) is 0 Å². The maximum absolute atomic E-state index is 12.8. The summed E-state index contributed by atoms with van der Waals surface area (Å²) in [4.78, 5) is 21.8. The number of benzene rings is 1. The van der Waals surface area contributed by atoms with Crippen molar-refractivity contribution in [1.29, 1.82) is 0 Å². The average Bonchev–Trinajstić information content (AvgIpc) is 2.18. The molecule has 0 aliphatic carbocycles. The van der Waals surface area contributed by atoms with E-state index >= 15 is 0 Å². The van der Waals surface area contributed by atoms with E-state index < -0.39 is 23.0 Å². The summed E-state index contributed by atoms with van der Waals surface area (Å²) in [6.45, 7) is 0. The molecule has 0 saturated carbocycles. The van der Waals surface area contributed by atoms with Crippen LogP contribution in [0.2, 0.25) is 0 Å². The van der Waals surface area contributed by atoms with Gasteiger partial charge in [-0.2, -0.15) is 0 Å². The van der Waals surface area contributed by atoms with Crippen LogP contribution in [-0.2, 0) is 0 Å². The summed E-state index contributed by atoms with van der Waals surface area (Å²) in [6, 6.07) is 4.01. The van der Waals surface area contributed by atoms with Crippen LogP contribution >= 0.6 is 0 Å². The molecule has 0 atom stereocenters. The highest BCUT2D eigenvalue weighted by atomic mass is 19.1. The predicted octanol–water partition coefficient (Wildman–Crippen LogP) is 0.296. The molecule has 0 fully saturated rings. The number of halogens is 1. The number of fused-ring (bicyclic) bond motifs is 1. The Bertz CT molecular complexity index is 600. The average molecular weight is 207 g/mol. The molecular weight excluding hydrogens is 203 g/mol. The lowest BCUT2D eigenvalue weighted by molar-refractivity contribution is -0.257. The molecule has 2 rings (SSSR count). The summed E-state index contributed by atoms with van der Waals surface area (Å²) in [7, 11) is 0. The first-order valence-electron chi connectivity index (χ1n) is 4.02. The van der Waals surface area contributed by atoms with Crippen molar-refractivity contribution in [2.45, 2.75) is 0 Å². The van der Waals surface area contributed by atoms with Gasteiger partial charge in [-0.1, -0.05) is 0 Å². The van der Waals surface area contributed by atoms with E-state index in [2.05, 4.69) is 0 Å². The van der Waals surface area contributed by atoms with Gasteiger partial charge in [-0.25, -0.2) is 4.39 Å². The largest absolute Gasteiger partial charge is 0.542 e. The standard InChI is InChI=1S/C10H5FO4/c11-5-1-2-8-6(3-5)7(12)4-9(15-8)10(13)14/h1-4H,(H,13,14)/p-1. The molecule has 1 heterocycles. The highest BCUT2D eigenvalue weighted by Crippen LogP contribution is 2.13. The van der Waals surface area contributed by atoms with Crippen molar-refractivity contribution in [2.75, 3.05) is 0 Å². The minimum absolute atomic E-state index is 0.000000000000000444. The first kappa shape index (κ1) is 9.39. The van der Waals surface area contributed by atoms with Crippen LogP contribution in [0.5, 0.6) is 0 Å². The van der Waals surface area contributed by atoms with E-state index in [0.717, 1.165) is 18.2 Å². The van der Waals surface area contributed by atoms with E-state index in [4.69, 9.17) is 4.42 Å². The van der Waals surface area contributed by atoms with E-state index in [-0.39, 0.29) is 11.0 Å². The molecule has 1 aromatic heterocycles. The lowest BCUT2D eigenvalue weighted by Gasteiger charge is -2.02. The van der Waals surface area contributed by atoms with E-state index in [9.17, 15) is 19.1 Å². The molecule has 0 N–H and O–H groups in total. The molecule has 0 saturated heterocycles. The van der Waals surface area contributed by atoms with Gasteiger partial charge in [0.05, 0.1) is 5.39 Å². The van der Waals surface area contributed by atoms with Gasteiger partial charge in [0.25, 0.3) is 0 Å². The highest BCUT2D eigenvalue weighted by molar-refractivity contribution is 5.86. The summed E-state index contributed by atoms with van der Waals surface area (Å²) in [5.41, 5.74) is -0.599. The highest BCUT2D eigenvalue weighted by Gasteiger charge is 2.06. The molecule has 0 bridgehead atoms. The number of carbonyl (C=O) groups is 1.